The molecule has 0 spiro atoms. The third-order valence-corrected chi connectivity index (χ3v) is 2.79. The number of nitrogens with one attached hydrogen (secondary N) is 1. The Hall–Kier alpha value is -1.91. The Morgan fingerprint density at radius 2 is 2.35 bits per heavy atom. The first kappa shape index (κ1) is 11.6. The topological polar surface area (TPSA) is 79.3 Å². The van der Waals surface area contributed by atoms with Crippen LogP contribution in [0.25, 0.3) is 0 Å². The number of pyridine rings is 1. The monoisotopic (exact) mass is 234 g/mol. The molecule has 0 atom stereocenters. The van der Waals surface area contributed by atoms with Crippen LogP contribution in [0, 0.1) is 0 Å². The fraction of sp³-hybridized carbons (Fsp3) is 0.417. The van der Waals surface area contributed by atoms with E-state index in [4.69, 9.17) is 5.11 Å². The van der Waals surface area contributed by atoms with Crippen LogP contribution in [-0.2, 0) is 12.8 Å². The lowest BCUT2D eigenvalue weighted by Crippen LogP contribution is -2.33. The predicted molar refractivity (Wildman–Crippen MR) is 61.2 cm³/mol. The third-order valence-electron chi connectivity index (χ3n) is 2.79. The second-order valence-corrected chi connectivity index (χ2v) is 4.04. The van der Waals surface area contributed by atoms with Gasteiger partial charge >= 0.3 is 5.97 Å². The van der Waals surface area contributed by atoms with Gasteiger partial charge in [0.15, 0.2) is 0 Å². The van der Waals surface area contributed by atoms with E-state index in [-0.39, 0.29) is 11.5 Å². The quantitative estimate of drug-likeness (QED) is 0.818. The molecule has 90 valence electrons. The minimum absolute atomic E-state index is 0.141. The molecule has 2 rings (SSSR count). The van der Waals surface area contributed by atoms with Crippen molar-refractivity contribution in [2.45, 2.75) is 26.2 Å². The van der Waals surface area contributed by atoms with Crippen molar-refractivity contribution >= 4 is 11.9 Å². The van der Waals surface area contributed by atoms with E-state index in [9.17, 15) is 9.59 Å². The van der Waals surface area contributed by atoms with E-state index < -0.39 is 5.97 Å². The summed E-state index contributed by atoms with van der Waals surface area (Å²) in [6.45, 7) is 2.54. The summed E-state index contributed by atoms with van der Waals surface area (Å²) in [5.41, 5.74) is 1.83. The zero-order chi connectivity index (χ0) is 12.4. The van der Waals surface area contributed by atoms with E-state index in [1.54, 1.807) is 0 Å². The van der Waals surface area contributed by atoms with Crippen LogP contribution < -0.4 is 5.32 Å². The molecule has 1 aliphatic rings. The number of hydrogen-bond donors (Lipinski definition) is 2. The third kappa shape index (κ3) is 2.13. The zero-order valence-corrected chi connectivity index (χ0v) is 9.62. The van der Waals surface area contributed by atoms with E-state index in [1.807, 2.05) is 6.92 Å². The van der Waals surface area contributed by atoms with Crippen molar-refractivity contribution in [1.29, 1.82) is 0 Å². The van der Waals surface area contributed by atoms with Gasteiger partial charge in [0.05, 0.1) is 22.5 Å². The molecule has 2 N–H and O–H groups in total. The molecule has 0 saturated carbocycles. The van der Waals surface area contributed by atoms with Crippen LogP contribution in [0.3, 0.4) is 0 Å². The number of aryl methyl sites for hydroxylation is 1. The highest BCUT2D eigenvalue weighted by Crippen LogP contribution is 2.18. The maximum absolute atomic E-state index is 11.6. The number of amides is 1. The molecule has 0 unspecified atom stereocenters. The van der Waals surface area contributed by atoms with Crippen molar-refractivity contribution in [2.24, 2.45) is 0 Å². The summed E-state index contributed by atoms with van der Waals surface area (Å²) < 4.78 is 0. The minimum atomic E-state index is -1.03. The number of fused-ring (bicyclic) bond motifs is 1. The van der Waals surface area contributed by atoms with E-state index in [2.05, 4.69) is 10.3 Å². The first-order chi connectivity index (χ1) is 8.13. The summed E-state index contributed by atoms with van der Waals surface area (Å²) in [4.78, 5) is 27.0. The largest absolute Gasteiger partial charge is 0.478 e. The molecule has 0 radical (unpaired) electrons. The fourth-order valence-electron chi connectivity index (χ4n) is 1.98. The molecule has 1 aliphatic heterocycles. The van der Waals surface area contributed by atoms with Gasteiger partial charge < -0.3 is 10.4 Å². The Balaban J connectivity index is 2.54. The van der Waals surface area contributed by atoms with Crippen molar-refractivity contribution in [2.75, 3.05) is 6.54 Å². The smallest absolute Gasteiger partial charge is 0.337 e. The highest BCUT2D eigenvalue weighted by molar-refractivity contribution is 5.99. The summed E-state index contributed by atoms with van der Waals surface area (Å²) in [7, 11) is 0. The maximum Gasteiger partial charge on any atom is 0.337 e. The number of carboxylic acid groups (broad SMARTS) is 1. The molecule has 0 aromatic carbocycles. The summed E-state index contributed by atoms with van der Waals surface area (Å²) in [5, 5.41) is 11.8. The molecule has 0 fully saturated rings. The molecule has 1 aromatic heterocycles. The van der Waals surface area contributed by atoms with Gasteiger partial charge in [0.1, 0.15) is 0 Å². The summed E-state index contributed by atoms with van der Waals surface area (Å²) >= 11 is 0. The fourth-order valence-corrected chi connectivity index (χ4v) is 1.98. The lowest BCUT2D eigenvalue weighted by molar-refractivity contribution is 0.0695. The van der Waals surface area contributed by atoms with E-state index >= 15 is 0 Å². The molecule has 0 bridgehead atoms. The molecule has 1 aromatic rings. The SMILES string of the molecule is CCCc1nc2c(cc1C(=O)O)C(=O)NCC2. The molecular weight excluding hydrogens is 220 g/mol. The van der Waals surface area contributed by atoms with Gasteiger partial charge in [0.2, 0.25) is 0 Å². The Morgan fingerprint density at radius 3 is 3.00 bits per heavy atom. The Labute approximate surface area is 98.9 Å². The Bertz CT molecular complexity index is 483. The van der Waals surface area contributed by atoms with Gasteiger partial charge in [0.25, 0.3) is 5.91 Å². The first-order valence-electron chi connectivity index (χ1n) is 5.67. The van der Waals surface area contributed by atoms with Crippen LogP contribution in [0.2, 0.25) is 0 Å². The Morgan fingerprint density at radius 1 is 1.59 bits per heavy atom. The average Bonchev–Trinajstić information content (AvgIpc) is 2.29. The van der Waals surface area contributed by atoms with Crippen LogP contribution in [0.15, 0.2) is 6.07 Å². The molecule has 0 aliphatic carbocycles. The van der Waals surface area contributed by atoms with Crippen molar-refractivity contribution in [3.8, 4) is 0 Å². The van der Waals surface area contributed by atoms with Gasteiger partial charge in [-0.2, -0.15) is 0 Å². The maximum atomic E-state index is 11.6. The van der Waals surface area contributed by atoms with Gasteiger partial charge in [-0.05, 0) is 12.5 Å². The first-order valence-corrected chi connectivity index (χ1v) is 5.67. The second-order valence-electron chi connectivity index (χ2n) is 4.04. The lowest BCUT2D eigenvalue weighted by atomic mass is 10.0. The number of carboxylic acids is 1. The standard InChI is InChI=1S/C12H14N2O3/c1-2-3-9-8(12(16)17)6-7-10(14-9)4-5-13-11(7)15/h6H,2-5H2,1H3,(H,13,15)(H,16,17). The van der Waals surface area contributed by atoms with Gasteiger partial charge in [-0.3, -0.25) is 9.78 Å². The summed E-state index contributed by atoms with van der Waals surface area (Å²) in [6.07, 6.45) is 2.12. The molecular formula is C12H14N2O3. The number of aromatic carboxylic acids is 1. The van der Waals surface area contributed by atoms with Crippen molar-refractivity contribution in [3.05, 3.63) is 28.6 Å². The van der Waals surface area contributed by atoms with Crippen LogP contribution >= 0.6 is 0 Å². The molecule has 5 heteroatoms. The number of carbonyl (C=O) groups is 2. The van der Waals surface area contributed by atoms with Crippen LogP contribution in [0.1, 0.15) is 45.4 Å². The molecule has 0 saturated heterocycles. The predicted octanol–water partition coefficient (Wildman–Crippen LogP) is 1.02. The summed E-state index contributed by atoms with van der Waals surface area (Å²) in [6, 6.07) is 1.45. The highest BCUT2D eigenvalue weighted by atomic mass is 16.4. The Kier molecular flexibility index (Phi) is 3.08. The zero-order valence-electron chi connectivity index (χ0n) is 9.62. The number of nitrogens with zero attached hydrogens (tertiary/aromatic N) is 1. The lowest BCUT2D eigenvalue weighted by Gasteiger charge is -2.17. The number of hydrogen-bond acceptors (Lipinski definition) is 3. The van der Waals surface area contributed by atoms with Crippen molar-refractivity contribution in [1.82, 2.24) is 10.3 Å². The number of carbonyl (C=O) groups excluding carboxylic acids is 1. The van der Waals surface area contributed by atoms with Crippen LogP contribution in [-0.4, -0.2) is 28.5 Å². The van der Waals surface area contributed by atoms with Crippen LogP contribution in [0.4, 0.5) is 0 Å². The average molecular weight is 234 g/mol. The molecule has 17 heavy (non-hydrogen) atoms. The van der Waals surface area contributed by atoms with Gasteiger partial charge in [0, 0.05) is 13.0 Å². The van der Waals surface area contributed by atoms with E-state index in [1.165, 1.54) is 6.07 Å². The number of rotatable bonds is 3. The van der Waals surface area contributed by atoms with Gasteiger partial charge in [-0.25, -0.2) is 4.79 Å². The van der Waals surface area contributed by atoms with Crippen molar-refractivity contribution < 1.29 is 14.7 Å². The second kappa shape index (κ2) is 4.53. The van der Waals surface area contributed by atoms with Gasteiger partial charge in [-0.15, -0.1) is 0 Å². The molecule has 5 nitrogen and oxygen atoms in total. The molecule has 1 amide bonds. The van der Waals surface area contributed by atoms with E-state index in [0.29, 0.717) is 36.3 Å². The highest BCUT2D eigenvalue weighted by Gasteiger charge is 2.22. The molecule has 2 heterocycles. The summed E-state index contributed by atoms with van der Waals surface area (Å²) in [5.74, 6) is -1.26. The van der Waals surface area contributed by atoms with E-state index in [0.717, 1.165) is 6.42 Å². The van der Waals surface area contributed by atoms with Crippen molar-refractivity contribution in [3.63, 3.8) is 0 Å². The normalized spacial score (nSPS) is 14.1. The van der Waals surface area contributed by atoms with Gasteiger partial charge in [-0.1, -0.05) is 13.3 Å². The van der Waals surface area contributed by atoms with Crippen LogP contribution in [0.5, 0.6) is 0 Å². The number of aromatic nitrogens is 1. The minimum Gasteiger partial charge on any atom is -0.478 e.